The van der Waals surface area contributed by atoms with Crippen molar-refractivity contribution in [1.29, 1.82) is 0 Å². The zero-order chi connectivity index (χ0) is 28.6. The van der Waals surface area contributed by atoms with Crippen LogP contribution in [0.5, 0.6) is 11.5 Å². The number of aliphatic hydroxyl groups excluding tert-OH is 2. The molecule has 4 atom stereocenters. The number of primary amides is 1. The van der Waals surface area contributed by atoms with Crippen molar-refractivity contribution in [1.82, 2.24) is 4.90 Å². The molecule has 0 spiro atoms. The summed E-state index contributed by atoms with van der Waals surface area (Å²) in [5, 5.41) is 43.6. The Morgan fingerprint density at radius 1 is 1.18 bits per heavy atom. The van der Waals surface area contributed by atoms with Crippen LogP contribution in [0, 0.1) is 11.8 Å². The minimum Gasteiger partial charge on any atom is -0.510 e. The molecule has 1 saturated heterocycles. The highest BCUT2D eigenvalue weighted by atomic mass is 19.4. The third-order valence-electron chi connectivity index (χ3n) is 8.09. The fourth-order valence-corrected chi connectivity index (χ4v) is 6.37. The molecule has 0 radical (unpaired) electrons. The van der Waals surface area contributed by atoms with Crippen LogP contribution in [0.3, 0.4) is 0 Å². The highest BCUT2D eigenvalue weighted by Gasteiger charge is 2.62. The fourth-order valence-electron chi connectivity index (χ4n) is 6.37. The van der Waals surface area contributed by atoms with Gasteiger partial charge in [-0.25, -0.2) is 0 Å². The smallest absolute Gasteiger partial charge is 0.510 e. The maximum atomic E-state index is 13.6. The third-order valence-corrected chi connectivity index (χ3v) is 8.09. The molecule has 1 aromatic carbocycles. The summed E-state index contributed by atoms with van der Waals surface area (Å²) in [6.07, 6.45) is -4.12. The molecule has 39 heavy (non-hydrogen) atoms. The van der Waals surface area contributed by atoms with E-state index in [1.54, 1.807) is 0 Å². The quantitative estimate of drug-likeness (QED) is 0.293. The number of halogens is 3. The number of nitrogens with two attached hydrogens (primary N) is 2. The zero-order valence-corrected chi connectivity index (χ0v) is 20.4. The van der Waals surface area contributed by atoms with E-state index in [2.05, 4.69) is 4.74 Å². The predicted molar refractivity (Wildman–Crippen MR) is 125 cm³/mol. The van der Waals surface area contributed by atoms with Gasteiger partial charge in [0.05, 0.1) is 11.6 Å². The molecular weight excluding hydrogens is 527 g/mol. The number of hydrogen-bond donors (Lipinski definition) is 6. The Morgan fingerprint density at radius 2 is 1.82 bits per heavy atom. The summed E-state index contributed by atoms with van der Waals surface area (Å²) in [7, 11) is 0. The molecule has 1 heterocycles. The summed E-state index contributed by atoms with van der Waals surface area (Å²) in [4.78, 5) is 40.4. The molecule has 0 bridgehead atoms. The molecule has 5 rings (SSSR count). The standard InChI is InChI=1S/C25H26F3N3O8/c26-25(27,28)39-20-10(8-31-3-1-2-4-31)7-13(32)15-11(20)5-9-6-12-17(29)19(34)16(23(30)37)22(36)24(12,38)21(35)14(9)18(15)33/h7,9,12,17,32,34-35,38H,1-6,8,29H2,(H2,30,37)/t9-,12-,17-,24-/m0/s1. The average molecular weight is 553 g/mol. The van der Waals surface area contributed by atoms with Crippen molar-refractivity contribution in [2.45, 2.75) is 50.2 Å². The number of nitrogens with zero attached hydrogens (tertiary/aromatic N) is 1. The van der Waals surface area contributed by atoms with Crippen molar-refractivity contribution in [3.8, 4) is 11.5 Å². The summed E-state index contributed by atoms with van der Waals surface area (Å²) in [5.74, 6) is -9.91. The van der Waals surface area contributed by atoms with E-state index in [1.165, 1.54) is 0 Å². The number of phenolic OH excluding ortho intramolecular Hbond substituents is 1. The Bertz CT molecular complexity index is 1360. The van der Waals surface area contributed by atoms with Crippen LogP contribution >= 0.6 is 0 Å². The van der Waals surface area contributed by atoms with Crippen LogP contribution in [-0.2, 0) is 22.6 Å². The number of benzene rings is 1. The molecule has 3 aliphatic carbocycles. The summed E-state index contributed by atoms with van der Waals surface area (Å²) >= 11 is 0. The summed E-state index contributed by atoms with van der Waals surface area (Å²) in [5.41, 5.74) is 5.91. The Morgan fingerprint density at radius 3 is 2.41 bits per heavy atom. The van der Waals surface area contributed by atoms with E-state index in [0.29, 0.717) is 13.1 Å². The van der Waals surface area contributed by atoms with Gasteiger partial charge in [-0.15, -0.1) is 13.2 Å². The minimum atomic E-state index is -5.13. The number of Topliss-reactive ketones (excluding diaryl/α,β-unsaturated/α-hetero) is 2. The number of aromatic hydroxyl groups is 1. The van der Waals surface area contributed by atoms with Gasteiger partial charge in [0, 0.05) is 29.2 Å². The molecule has 0 unspecified atom stereocenters. The van der Waals surface area contributed by atoms with Gasteiger partial charge in [-0.1, -0.05) is 0 Å². The number of phenols is 1. The number of ketones is 2. The molecule has 8 N–H and O–H groups in total. The summed E-state index contributed by atoms with van der Waals surface area (Å²) in [6, 6.07) is -0.571. The van der Waals surface area contributed by atoms with E-state index in [1.807, 2.05) is 4.90 Å². The van der Waals surface area contributed by atoms with Gasteiger partial charge in [0.15, 0.2) is 11.4 Å². The van der Waals surface area contributed by atoms with E-state index < -0.39 is 87.0 Å². The van der Waals surface area contributed by atoms with Crippen LogP contribution in [0.25, 0.3) is 0 Å². The van der Waals surface area contributed by atoms with Crippen LogP contribution in [0.1, 0.15) is 40.7 Å². The number of carbonyl (C=O) groups excluding carboxylic acids is 3. The number of rotatable bonds is 4. The van der Waals surface area contributed by atoms with Crippen molar-refractivity contribution >= 4 is 17.5 Å². The molecule has 14 heteroatoms. The zero-order valence-electron chi connectivity index (χ0n) is 20.4. The predicted octanol–water partition coefficient (Wildman–Crippen LogP) is 1.01. The topological polar surface area (TPSA) is 197 Å². The number of alkyl halides is 3. The van der Waals surface area contributed by atoms with Crippen LogP contribution in [0.15, 0.2) is 28.7 Å². The number of likely N-dealkylation sites (tertiary alicyclic amines) is 1. The maximum Gasteiger partial charge on any atom is 0.573 e. The minimum absolute atomic E-state index is 0.0125. The molecule has 0 saturated carbocycles. The number of hydrogen-bond acceptors (Lipinski definition) is 10. The summed E-state index contributed by atoms with van der Waals surface area (Å²) < 4.78 is 44.9. The number of ether oxygens (including phenoxy) is 1. The van der Waals surface area contributed by atoms with Gasteiger partial charge in [-0.3, -0.25) is 19.3 Å². The van der Waals surface area contributed by atoms with Crippen molar-refractivity contribution in [3.05, 3.63) is 45.4 Å². The molecule has 210 valence electrons. The first-order valence-electron chi connectivity index (χ1n) is 12.3. The molecule has 0 aromatic heterocycles. The van der Waals surface area contributed by atoms with Gasteiger partial charge < -0.3 is 36.6 Å². The Kier molecular flexibility index (Phi) is 6.20. The molecular formula is C25H26F3N3O8. The highest BCUT2D eigenvalue weighted by Crippen LogP contribution is 2.53. The van der Waals surface area contributed by atoms with E-state index in [0.717, 1.165) is 18.9 Å². The maximum absolute atomic E-state index is 13.6. The number of amides is 1. The lowest BCUT2D eigenvalue weighted by atomic mass is 9.59. The van der Waals surface area contributed by atoms with Crippen LogP contribution in [0.4, 0.5) is 13.2 Å². The van der Waals surface area contributed by atoms with Crippen LogP contribution in [0.2, 0.25) is 0 Å². The average Bonchev–Trinajstić information content (AvgIpc) is 3.34. The van der Waals surface area contributed by atoms with Gasteiger partial charge >= 0.3 is 6.36 Å². The molecule has 11 nitrogen and oxygen atoms in total. The second-order valence-electron chi connectivity index (χ2n) is 10.3. The van der Waals surface area contributed by atoms with E-state index in [4.69, 9.17) is 11.5 Å². The number of aliphatic hydroxyl groups is 3. The van der Waals surface area contributed by atoms with E-state index in [9.17, 15) is 48.0 Å². The summed E-state index contributed by atoms with van der Waals surface area (Å²) in [6.45, 7) is 1.28. The van der Waals surface area contributed by atoms with Crippen molar-refractivity contribution in [2.24, 2.45) is 23.3 Å². The van der Waals surface area contributed by atoms with Crippen molar-refractivity contribution in [2.75, 3.05) is 13.1 Å². The van der Waals surface area contributed by atoms with Gasteiger partial charge in [0.1, 0.15) is 28.6 Å². The van der Waals surface area contributed by atoms with E-state index >= 15 is 0 Å². The number of fused-ring (bicyclic) bond motifs is 3. The van der Waals surface area contributed by atoms with Gasteiger partial charge in [-0.05, 0) is 50.8 Å². The molecule has 1 aromatic rings. The highest BCUT2D eigenvalue weighted by molar-refractivity contribution is 6.24. The fraction of sp³-hybridized carbons (Fsp3) is 0.480. The second kappa shape index (κ2) is 8.96. The molecule has 1 fully saturated rings. The number of carbonyl (C=O) groups is 3. The third kappa shape index (κ3) is 4.05. The lowest BCUT2D eigenvalue weighted by molar-refractivity contribution is -0.275. The van der Waals surface area contributed by atoms with Crippen LogP contribution < -0.4 is 16.2 Å². The van der Waals surface area contributed by atoms with Crippen LogP contribution in [-0.4, -0.2) is 73.9 Å². The van der Waals surface area contributed by atoms with E-state index in [-0.39, 0.29) is 30.5 Å². The lowest BCUT2D eigenvalue weighted by Crippen LogP contribution is -2.63. The Balaban J connectivity index is 1.67. The first kappa shape index (κ1) is 27.0. The Hall–Kier alpha value is -3.62. The first-order chi connectivity index (χ1) is 18.2. The first-order valence-corrected chi connectivity index (χ1v) is 12.3. The SMILES string of the molecule is NC(=O)C1=C(O)[C@@H](N)[C@@H]2C[C@@H]3Cc4c(OC(F)(F)F)c(CN5CCCC5)cc(O)c4C(=O)C3=C(O)[C@]2(O)C1=O. The molecule has 1 amide bonds. The van der Waals surface area contributed by atoms with Gasteiger partial charge in [0.25, 0.3) is 5.91 Å². The second-order valence-corrected chi connectivity index (χ2v) is 10.3. The van der Waals surface area contributed by atoms with Gasteiger partial charge in [0.2, 0.25) is 5.78 Å². The normalized spacial score (nSPS) is 29.3. The van der Waals surface area contributed by atoms with Crippen molar-refractivity contribution in [3.63, 3.8) is 0 Å². The monoisotopic (exact) mass is 553 g/mol. The molecule has 4 aliphatic rings. The van der Waals surface area contributed by atoms with Crippen molar-refractivity contribution < 1.29 is 52.7 Å². The molecule has 1 aliphatic heterocycles. The van der Waals surface area contributed by atoms with Gasteiger partial charge in [-0.2, -0.15) is 0 Å². The lowest BCUT2D eigenvalue weighted by Gasteiger charge is -2.47. The number of allylic oxidation sites excluding steroid dienone is 1. The largest absolute Gasteiger partial charge is 0.573 e. The Labute approximate surface area is 219 Å².